The first-order valence-corrected chi connectivity index (χ1v) is 7.38. The first kappa shape index (κ1) is 15.4. The van der Waals surface area contributed by atoms with Gasteiger partial charge in [-0.1, -0.05) is 6.07 Å². The zero-order valence-corrected chi connectivity index (χ0v) is 12.4. The van der Waals surface area contributed by atoms with Gasteiger partial charge in [0.15, 0.2) is 11.6 Å². The van der Waals surface area contributed by atoms with E-state index in [0.717, 1.165) is 11.3 Å². The second-order valence-electron chi connectivity index (χ2n) is 4.92. The Hall–Kier alpha value is -2.46. The van der Waals surface area contributed by atoms with E-state index in [4.69, 9.17) is 5.26 Å². The van der Waals surface area contributed by atoms with Crippen molar-refractivity contribution in [2.75, 3.05) is 0 Å². The molecule has 1 heterocycles. The normalized spacial score (nSPS) is 10.9. The lowest BCUT2D eigenvalue weighted by Gasteiger charge is -2.02. The average molecular weight is 336 g/mol. The number of aromatic nitrogens is 1. The molecule has 116 valence electrons. The van der Waals surface area contributed by atoms with Gasteiger partial charge in [-0.2, -0.15) is 5.26 Å². The molecule has 0 N–H and O–H groups in total. The minimum atomic E-state index is -1.30. The minimum Gasteiger partial charge on any atom is -0.238 e. The number of halogens is 4. The van der Waals surface area contributed by atoms with Crippen LogP contribution in [0, 0.1) is 34.6 Å². The van der Waals surface area contributed by atoms with E-state index in [1.807, 2.05) is 6.07 Å². The van der Waals surface area contributed by atoms with Gasteiger partial charge in [0.2, 0.25) is 0 Å². The highest BCUT2D eigenvalue weighted by Gasteiger charge is 2.17. The van der Waals surface area contributed by atoms with Crippen LogP contribution in [0.15, 0.2) is 24.3 Å². The van der Waals surface area contributed by atoms with Gasteiger partial charge in [-0.15, -0.1) is 11.3 Å². The summed E-state index contributed by atoms with van der Waals surface area (Å²) in [7, 11) is 0. The number of hydrogen-bond donors (Lipinski definition) is 0. The van der Waals surface area contributed by atoms with Crippen molar-refractivity contribution in [1.82, 2.24) is 4.98 Å². The van der Waals surface area contributed by atoms with E-state index in [1.165, 1.54) is 12.1 Å². The Bertz CT molecular complexity index is 943. The topological polar surface area (TPSA) is 36.7 Å². The van der Waals surface area contributed by atoms with Crippen LogP contribution < -0.4 is 0 Å². The van der Waals surface area contributed by atoms with E-state index in [2.05, 4.69) is 4.98 Å². The molecular weight excluding hydrogens is 328 g/mol. The van der Waals surface area contributed by atoms with Crippen molar-refractivity contribution >= 4 is 21.6 Å². The van der Waals surface area contributed by atoms with Gasteiger partial charge in [-0.3, -0.25) is 0 Å². The third kappa shape index (κ3) is 3.03. The number of fused-ring (bicyclic) bond motifs is 1. The zero-order chi connectivity index (χ0) is 16.6. The Morgan fingerprint density at radius 1 is 1.00 bits per heavy atom. The summed E-state index contributed by atoms with van der Waals surface area (Å²) in [6.45, 7) is 0. The van der Waals surface area contributed by atoms with Crippen LogP contribution in [0.25, 0.3) is 10.2 Å². The zero-order valence-electron chi connectivity index (χ0n) is 11.5. The molecule has 0 amide bonds. The maximum absolute atomic E-state index is 13.7. The van der Waals surface area contributed by atoms with Gasteiger partial charge in [-0.05, 0) is 23.3 Å². The van der Waals surface area contributed by atoms with Gasteiger partial charge < -0.3 is 0 Å². The SMILES string of the molecule is N#CCc1cc(F)cc(Cc2nc3c(F)c(F)cc(F)c3s2)c1. The van der Waals surface area contributed by atoms with E-state index in [1.54, 1.807) is 6.07 Å². The van der Waals surface area contributed by atoms with Gasteiger partial charge in [0.1, 0.15) is 17.2 Å². The van der Waals surface area contributed by atoms with Crippen LogP contribution in [0.3, 0.4) is 0 Å². The fraction of sp³-hybridized carbons (Fsp3) is 0.125. The largest absolute Gasteiger partial charge is 0.238 e. The summed E-state index contributed by atoms with van der Waals surface area (Å²) in [6, 6.07) is 6.55. The van der Waals surface area contributed by atoms with E-state index in [0.29, 0.717) is 22.2 Å². The van der Waals surface area contributed by atoms with Crippen molar-refractivity contribution in [3.63, 3.8) is 0 Å². The molecule has 0 atom stereocenters. The molecule has 0 unspecified atom stereocenters. The maximum atomic E-state index is 13.7. The first-order chi connectivity index (χ1) is 11.0. The molecule has 0 saturated heterocycles. The van der Waals surface area contributed by atoms with Crippen LogP contribution in [0.4, 0.5) is 17.6 Å². The lowest BCUT2D eigenvalue weighted by atomic mass is 10.1. The predicted octanol–water partition coefficient (Wildman–Crippen LogP) is 4.51. The highest BCUT2D eigenvalue weighted by atomic mass is 32.1. The predicted molar refractivity (Wildman–Crippen MR) is 78.0 cm³/mol. The fourth-order valence-corrected chi connectivity index (χ4v) is 3.29. The number of rotatable bonds is 3. The molecule has 3 rings (SSSR count). The summed E-state index contributed by atoms with van der Waals surface area (Å²) in [4.78, 5) is 3.91. The molecule has 0 saturated carbocycles. The van der Waals surface area contributed by atoms with Crippen LogP contribution >= 0.6 is 11.3 Å². The third-order valence-electron chi connectivity index (χ3n) is 3.22. The van der Waals surface area contributed by atoms with Crippen molar-refractivity contribution in [1.29, 1.82) is 5.26 Å². The smallest absolute Gasteiger partial charge is 0.186 e. The molecule has 0 spiro atoms. The van der Waals surface area contributed by atoms with Gasteiger partial charge in [0, 0.05) is 12.5 Å². The highest BCUT2D eigenvalue weighted by molar-refractivity contribution is 7.18. The quantitative estimate of drug-likeness (QED) is 0.521. The van der Waals surface area contributed by atoms with E-state index in [9.17, 15) is 17.6 Å². The molecule has 3 aromatic rings. The summed E-state index contributed by atoms with van der Waals surface area (Å²) in [5.41, 5.74) is 0.666. The standard InChI is InChI=1S/C16H8F4N2S/c17-10-4-8(1-2-21)3-9(5-10)6-13-22-15-14(20)11(18)7-12(19)16(15)23-13/h3-5,7H,1,6H2. The molecule has 0 aliphatic carbocycles. The molecular formula is C16H8F4N2S. The summed E-state index contributed by atoms with van der Waals surface area (Å²) in [5.74, 6) is -3.88. The van der Waals surface area contributed by atoms with Gasteiger partial charge in [0.05, 0.1) is 22.2 Å². The Balaban J connectivity index is 2.01. The van der Waals surface area contributed by atoms with Crippen molar-refractivity contribution in [2.45, 2.75) is 12.8 Å². The molecule has 7 heteroatoms. The second kappa shape index (κ2) is 5.97. The van der Waals surface area contributed by atoms with E-state index in [-0.39, 0.29) is 23.1 Å². The van der Waals surface area contributed by atoms with Gasteiger partial charge in [0.25, 0.3) is 0 Å². The van der Waals surface area contributed by atoms with Crippen molar-refractivity contribution in [2.24, 2.45) is 0 Å². The summed E-state index contributed by atoms with van der Waals surface area (Å²) in [6.07, 6.45) is 0.190. The summed E-state index contributed by atoms with van der Waals surface area (Å²) < 4.78 is 54.0. The Morgan fingerprint density at radius 3 is 2.48 bits per heavy atom. The molecule has 1 aromatic heterocycles. The Kier molecular flexibility index (Phi) is 4.01. The Labute approximate surface area is 132 Å². The summed E-state index contributed by atoms with van der Waals surface area (Å²) in [5, 5.41) is 9.00. The minimum absolute atomic E-state index is 0.0546. The van der Waals surface area contributed by atoms with Crippen molar-refractivity contribution in [3.8, 4) is 6.07 Å². The summed E-state index contributed by atoms with van der Waals surface area (Å²) >= 11 is 0.886. The first-order valence-electron chi connectivity index (χ1n) is 6.56. The van der Waals surface area contributed by atoms with Crippen LogP contribution in [0.1, 0.15) is 16.1 Å². The molecule has 23 heavy (non-hydrogen) atoms. The van der Waals surface area contributed by atoms with Gasteiger partial charge >= 0.3 is 0 Å². The third-order valence-corrected chi connectivity index (χ3v) is 4.28. The molecule has 2 aromatic carbocycles. The molecule has 0 aliphatic heterocycles. The number of nitrogens with zero attached hydrogens (tertiary/aromatic N) is 2. The second-order valence-corrected chi connectivity index (χ2v) is 6.00. The number of thiazole rings is 1. The van der Waals surface area contributed by atoms with Crippen molar-refractivity contribution < 1.29 is 17.6 Å². The van der Waals surface area contributed by atoms with Crippen LogP contribution in [-0.2, 0) is 12.8 Å². The van der Waals surface area contributed by atoms with E-state index >= 15 is 0 Å². The molecule has 0 bridgehead atoms. The molecule has 2 nitrogen and oxygen atoms in total. The van der Waals surface area contributed by atoms with E-state index < -0.39 is 23.3 Å². The number of benzene rings is 2. The molecule has 0 radical (unpaired) electrons. The van der Waals surface area contributed by atoms with Crippen LogP contribution in [-0.4, -0.2) is 4.98 Å². The van der Waals surface area contributed by atoms with Gasteiger partial charge in [-0.25, -0.2) is 22.5 Å². The van der Waals surface area contributed by atoms with Crippen LogP contribution in [0.5, 0.6) is 0 Å². The van der Waals surface area contributed by atoms with Crippen LogP contribution in [0.2, 0.25) is 0 Å². The number of nitriles is 1. The maximum Gasteiger partial charge on any atom is 0.186 e. The monoisotopic (exact) mass is 336 g/mol. The Morgan fingerprint density at radius 2 is 1.74 bits per heavy atom. The average Bonchev–Trinajstić information content (AvgIpc) is 2.89. The molecule has 0 aliphatic rings. The molecule has 0 fully saturated rings. The highest BCUT2D eigenvalue weighted by Crippen LogP contribution is 2.30. The number of hydrogen-bond acceptors (Lipinski definition) is 3. The lowest BCUT2D eigenvalue weighted by Crippen LogP contribution is -1.93. The fourth-order valence-electron chi connectivity index (χ4n) is 2.29. The van der Waals surface area contributed by atoms with Crippen molar-refractivity contribution in [3.05, 3.63) is 63.7 Å². The lowest BCUT2D eigenvalue weighted by molar-refractivity contribution is 0.504.